The van der Waals surface area contributed by atoms with Crippen LogP contribution in [-0.4, -0.2) is 72.3 Å². The van der Waals surface area contributed by atoms with Gasteiger partial charge in [-0.1, -0.05) is 74.5 Å². The molecule has 0 spiro atoms. The van der Waals surface area contributed by atoms with Gasteiger partial charge < -0.3 is 30.3 Å². The summed E-state index contributed by atoms with van der Waals surface area (Å²) in [6, 6.07) is 15.1. The van der Waals surface area contributed by atoms with Crippen LogP contribution < -0.4 is 16.0 Å². The van der Waals surface area contributed by atoms with Crippen molar-refractivity contribution < 1.29 is 33.4 Å². The Morgan fingerprint density at radius 1 is 0.844 bits per heavy atom. The average Bonchev–Trinajstić information content (AvgIpc) is 3.76. The molecule has 0 aliphatic carbocycles. The summed E-state index contributed by atoms with van der Waals surface area (Å²) in [7, 11) is 0. The third kappa shape index (κ3) is 10.1. The topological polar surface area (TPSA) is 143 Å². The van der Waals surface area contributed by atoms with Gasteiger partial charge in [-0.05, 0) is 49.3 Å². The Morgan fingerprint density at radius 3 is 2.04 bits per heavy atom. The summed E-state index contributed by atoms with van der Waals surface area (Å²) in [5.74, 6) is -3.22. The van der Waals surface area contributed by atoms with Crippen LogP contribution in [0.3, 0.4) is 0 Å². The maximum atomic E-state index is 13.7. The number of esters is 2. The first kappa shape index (κ1) is 33.6. The molecule has 2 aliphatic heterocycles. The number of rotatable bonds is 14. The first-order valence-corrected chi connectivity index (χ1v) is 15.7. The van der Waals surface area contributed by atoms with Crippen LogP contribution in [0.5, 0.6) is 0 Å². The molecule has 45 heavy (non-hydrogen) atoms. The normalized spacial score (nSPS) is 19.0. The molecular weight excluding hydrogens is 576 g/mol. The van der Waals surface area contributed by atoms with Crippen molar-refractivity contribution in [1.82, 2.24) is 20.9 Å². The van der Waals surface area contributed by atoms with Gasteiger partial charge in [-0.15, -0.1) is 0 Å². The summed E-state index contributed by atoms with van der Waals surface area (Å²) in [5, 5.41) is 8.48. The second kappa shape index (κ2) is 16.7. The van der Waals surface area contributed by atoms with Gasteiger partial charge in [-0.2, -0.15) is 0 Å². The molecule has 11 heteroatoms. The summed E-state index contributed by atoms with van der Waals surface area (Å²) in [5.41, 5.74) is 1.57. The smallest absolute Gasteiger partial charge is 0.328 e. The molecule has 0 saturated carbocycles. The zero-order valence-electron chi connectivity index (χ0n) is 26.0. The number of benzene rings is 2. The Morgan fingerprint density at radius 2 is 1.44 bits per heavy atom. The van der Waals surface area contributed by atoms with Gasteiger partial charge in [0, 0.05) is 13.1 Å². The zero-order chi connectivity index (χ0) is 32.2. The van der Waals surface area contributed by atoms with E-state index in [1.54, 1.807) is 17.0 Å². The molecule has 4 atom stereocenters. The van der Waals surface area contributed by atoms with Crippen LogP contribution >= 0.6 is 0 Å². The van der Waals surface area contributed by atoms with Crippen LogP contribution in [-0.2, 0) is 46.7 Å². The number of hydrogen-bond acceptors (Lipinski definition) is 8. The van der Waals surface area contributed by atoms with Gasteiger partial charge in [-0.25, -0.2) is 4.79 Å². The lowest BCUT2D eigenvalue weighted by atomic mass is 9.97. The molecule has 2 saturated heterocycles. The molecular formula is C34H44N4O7. The Balaban J connectivity index is 1.45. The number of ether oxygens (including phenoxy) is 2. The molecule has 2 heterocycles. The Kier molecular flexibility index (Phi) is 12.5. The van der Waals surface area contributed by atoms with Crippen molar-refractivity contribution in [2.24, 2.45) is 11.8 Å². The van der Waals surface area contributed by atoms with E-state index in [0.717, 1.165) is 24.0 Å². The Bertz CT molecular complexity index is 1300. The first-order valence-electron chi connectivity index (χ1n) is 15.7. The van der Waals surface area contributed by atoms with E-state index in [9.17, 15) is 24.0 Å². The van der Waals surface area contributed by atoms with Crippen molar-refractivity contribution in [1.29, 1.82) is 0 Å². The van der Waals surface area contributed by atoms with Gasteiger partial charge in [0.05, 0.1) is 18.4 Å². The summed E-state index contributed by atoms with van der Waals surface area (Å²) in [6.45, 7) is 5.66. The van der Waals surface area contributed by atoms with Crippen LogP contribution in [0, 0.1) is 11.8 Å². The van der Waals surface area contributed by atoms with E-state index >= 15 is 0 Å². The molecule has 0 unspecified atom stereocenters. The van der Waals surface area contributed by atoms with Gasteiger partial charge in [0.2, 0.25) is 17.7 Å². The van der Waals surface area contributed by atoms with Crippen LogP contribution in [0.25, 0.3) is 0 Å². The highest BCUT2D eigenvalue weighted by Crippen LogP contribution is 2.22. The van der Waals surface area contributed by atoms with Crippen molar-refractivity contribution in [3.8, 4) is 0 Å². The predicted octanol–water partition coefficient (Wildman–Crippen LogP) is 2.48. The third-order valence-corrected chi connectivity index (χ3v) is 8.02. The van der Waals surface area contributed by atoms with E-state index in [1.807, 2.05) is 62.4 Å². The fourth-order valence-corrected chi connectivity index (χ4v) is 5.64. The van der Waals surface area contributed by atoms with Crippen LogP contribution in [0.2, 0.25) is 0 Å². The summed E-state index contributed by atoms with van der Waals surface area (Å²) < 4.78 is 10.9. The van der Waals surface area contributed by atoms with Gasteiger partial charge >= 0.3 is 11.9 Å². The number of nitrogens with zero attached hydrogens (tertiary/aromatic N) is 1. The van der Waals surface area contributed by atoms with Gasteiger partial charge in [-0.3, -0.25) is 19.2 Å². The number of carbonyl (C=O) groups is 5. The van der Waals surface area contributed by atoms with Crippen molar-refractivity contribution in [2.75, 3.05) is 19.6 Å². The zero-order valence-corrected chi connectivity index (χ0v) is 26.0. The van der Waals surface area contributed by atoms with E-state index in [4.69, 9.17) is 9.47 Å². The molecule has 3 amide bonds. The highest BCUT2D eigenvalue weighted by molar-refractivity contribution is 5.96. The molecule has 3 N–H and O–H groups in total. The third-order valence-electron chi connectivity index (χ3n) is 8.02. The lowest BCUT2D eigenvalue weighted by Gasteiger charge is -2.27. The molecule has 2 aromatic carbocycles. The maximum absolute atomic E-state index is 13.7. The Labute approximate surface area is 264 Å². The van der Waals surface area contributed by atoms with Crippen molar-refractivity contribution in [3.05, 3.63) is 71.8 Å². The molecule has 0 aromatic heterocycles. The molecule has 242 valence electrons. The molecule has 4 rings (SSSR count). The lowest BCUT2D eigenvalue weighted by molar-refractivity contribution is -0.150. The quantitative estimate of drug-likeness (QED) is 0.274. The number of amides is 3. The minimum Gasteiger partial charge on any atom is -0.461 e. The van der Waals surface area contributed by atoms with Crippen LogP contribution in [0.15, 0.2) is 60.7 Å². The average molecular weight is 621 g/mol. The van der Waals surface area contributed by atoms with Crippen LogP contribution in [0.1, 0.15) is 57.1 Å². The number of nitrogens with one attached hydrogen (secondary N) is 3. The molecule has 2 aliphatic rings. The summed E-state index contributed by atoms with van der Waals surface area (Å²) in [4.78, 5) is 68.2. The van der Waals surface area contributed by atoms with Crippen molar-refractivity contribution in [3.63, 3.8) is 0 Å². The van der Waals surface area contributed by atoms with Crippen molar-refractivity contribution >= 4 is 29.7 Å². The van der Waals surface area contributed by atoms with E-state index in [1.165, 1.54) is 0 Å². The van der Waals surface area contributed by atoms with Gasteiger partial charge in [0.1, 0.15) is 25.3 Å². The lowest BCUT2D eigenvalue weighted by Crippen LogP contribution is -2.57. The number of carbonyl (C=O) groups excluding carboxylic acids is 5. The van der Waals surface area contributed by atoms with Gasteiger partial charge in [0.25, 0.3) is 0 Å². The molecule has 0 bridgehead atoms. The van der Waals surface area contributed by atoms with Crippen molar-refractivity contribution in [2.45, 2.75) is 77.3 Å². The highest BCUT2D eigenvalue weighted by atomic mass is 16.5. The number of hydrogen-bond donors (Lipinski definition) is 3. The number of likely N-dealkylation sites (tertiary alicyclic amines) is 1. The second-order valence-electron chi connectivity index (χ2n) is 12.1. The van der Waals surface area contributed by atoms with E-state index in [2.05, 4.69) is 16.0 Å². The molecule has 2 fully saturated rings. The fraction of sp³-hybridized carbons (Fsp3) is 0.500. The Hall–Kier alpha value is -4.25. The van der Waals surface area contributed by atoms with E-state index < -0.39 is 54.2 Å². The first-order chi connectivity index (χ1) is 21.7. The molecule has 11 nitrogen and oxygen atoms in total. The summed E-state index contributed by atoms with van der Waals surface area (Å²) >= 11 is 0. The molecule has 2 aromatic rings. The van der Waals surface area contributed by atoms with E-state index in [0.29, 0.717) is 26.1 Å². The minimum atomic E-state index is -1.35. The minimum absolute atomic E-state index is 0.000334. The molecule has 0 radical (unpaired) electrons. The second-order valence-corrected chi connectivity index (χ2v) is 12.1. The van der Waals surface area contributed by atoms with E-state index in [-0.39, 0.29) is 31.5 Å². The SMILES string of the molecule is CC(C)C[C@H](NC(=O)[C@H](CC(=O)OCc1ccccc1)NC(=O)[C@@H]1NCC[C@@H]1C(=O)N1CCCC1)C(=O)OCc1ccccc1. The summed E-state index contributed by atoms with van der Waals surface area (Å²) in [6.07, 6.45) is 2.18. The monoisotopic (exact) mass is 620 g/mol. The van der Waals surface area contributed by atoms with Gasteiger partial charge in [0.15, 0.2) is 0 Å². The van der Waals surface area contributed by atoms with Crippen LogP contribution in [0.4, 0.5) is 0 Å². The standard InChI is InChI=1S/C34H44N4O7/c1-23(2)19-28(34(43)45-22-25-13-7-4-8-14-25)37-31(40)27(20-29(39)44-21-24-11-5-3-6-12-24)36-32(41)30-26(15-16-35-30)33(42)38-17-9-10-18-38/h3-8,11-14,23,26-28,30,35H,9-10,15-22H2,1-2H3,(H,36,41)(H,37,40)/t26-,27-,28-,30+/m0/s1. The fourth-order valence-electron chi connectivity index (χ4n) is 5.64. The maximum Gasteiger partial charge on any atom is 0.328 e. The predicted molar refractivity (Wildman–Crippen MR) is 166 cm³/mol. The highest BCUT2D eigenvalue weighted by Gasteiger charge is 2.41. The largest absolute Gasteiger partial charge is 0.461 e.